The number of nitrogens with one attached hydrogen (secondary N) is 1. The van der Waals surface area contributed by atoms with Crippen LogP contribution in [0.2, 0.25) is 0 Å². The Morgan fingerprint density at radius 2 is 2.00 bits per heavy atom. The number of aromatic amines is 1. The van der Waals surface area contributed by atoms with Crippen LogP contribution in [-0.4, -0.2) is 24.6 Å². The molecule has 2 aromatic rings. The van der Waals surface area contributed by atoms with Crippen molar-refractivity contribution in [2.75, 3.05) is 23.7 Å². The summed E-state index contributed by atoms with van der Waals surface area (Å²) in [5.41, 5.74) is 14.4. The molecule has 1 fully saturated rings. The van der Waals surface area contributed by atoms with Crippen LogP contribution in [0.25, 0.3) is 10.2 Å². The van der Waals surface area contributed by atoms with Gasteiger partial charge >= 0.3 is 0 Å². The van der Waals surface area contributed by atoms with Crippen LogP contribution in [0.1, 0.15) is 47.5 Å². The van der Waals surface area contributed by atoms with Crippen LogP contribution in [0.5, 0.6) is 0 Å². The van der Waals surface area contributed by atoms with E-state index in [2.05, 4.69) is 23.7 Å². The molecule has 1 saturated heterocycles. The van der Waals surface area contributed by atoms with Gasteiger partial charge in [-0.15, -0.1) is 0 Å². The lowest BCUT2D eigenvalue weighted by Crippen LogP contribution is -2.36. The number of nitrogen functional groups attached to an aromatic ring is 1. The molecule has 0 aromatic carbocycles. The van der Waals surface area contributed by atoms with Gasteiger partial charge in [0.25, 0.3) is 11.7 Å². The van der Waals surface area contributed by atoms with Crippen molar-refractivity contribution in [3.63, 3.8) is 0 Å². The number of nitrogens with two attached hydrogens (primary N) is 2. The SMILES string of the molecule is CC1(C)Cc2c(c(N3CCCC3)[nH+]c3sc(C(N)=O)c(N)c23)CO1. The zero-order valence-electron chi connectivity index (χ0n) is 14.1. The quantitative estimate of drug-likeness (QED) is 0.866. The van der Waals surface area contributed by atoms with Gasteiger partial charge in [-0.2, -0.15) is 0 Å². The van der Waals surface area contributed by atoms with Gasteiger partial charge in [0.2, 0.25) is 0 Å². The van der Waals surface area contributed by atoms with Gasteiger partial charge in [0, 0.05) is 6.42 Å². The number of hydrogen-bond acceptors (Lipinski definition) is 5. The Hall–Kier alpha value is -1.86. The van der Waals surface area contributed by atoms with Crippen molar-refractivity contribution in [1.82, 2.24) is 0 Å². The van der Waals surface area contributed by atoms with Crippen LogP contribution in [-0.2, 0) is 17.8 Å². The van der Waals surface area contributed by atoms with Crippen LogP contribution in [0.3, 0.4) is 0 Å². The van der Waals surface area contributed by atoms with Gasteiger partial charge in [-0.3, -0.25) is 9.69 Å². The number of primary amides is 1. The number of ether oxygens (including phenoxy) is 1. The summed E-state index contributed by atoms with van der Waals surface area (Å²) in [7, 11) is 0. The number of amides is 1. The van der Waals surface area contributed by atoms with E-state index in [1.54, 1.807) is 0 Å². The Labute approximate surface area is 144 Å². The second-order valence-electron chi connectivity index (χ2n) is 7.26. The zero-order chi connectivity index (χ0) is 17.1. The topological polar surface area (TPSA) is 95.7 Å². The van der Waals surface area contributed by atoms with Gasteiger partial charge in [0.1, 0.15) is 4.88 Å². The molecule has 4 rings (SSSR count). The summed E-state index contributed by atoms with van der Waals surface area (Å²) in [6.07, 6.45) is 3.17. The first kappa shape index (κ1) is 15.7. The molecule has 2 aliphatic heterocycles. The average Bonchev–Trinajstić information content (AvgIpc) is 3.13. The Kier molecular flexibility index (Phi) is 3.47. The van der Waals surface area contributed by atoms with Crippen LogP contribution < -0.4 is 21.4 Å². The summed E-state index contributed by atoms with van der Waals surface area (Å²) in [6, 6.07) is 0. The molecule has 2 aliphatic rings. The fourth-order valence-corrected chi connectivity index (χ4v) is 4.80. The van der Waals surface area contributed by atoms with Crippen molar-refractivity contribution in [2.24, 2.45) is 5.73 Å². The van der Waals surface area contributed by atoms with E-state index in [0.717, 1.165) is 35.5 Å². The molecular weight excluding hydrogens is 324 g/mol. The van der Waals surface area contributed by atoms with Crippen molar-refractivity contribution < 1.29 is 14.5 Å². The molecule has 6 nitrogen and oxygen atoms in total. The van der Waals surface area contributed by atoms with E-state index < -0.39 is 5.91 Å². The fraction of sp³-hybridized carbons (Fsp3) is 0.529. The lowest BCUT2D eigenvalue weighted by molar-refractivity contribution is -0.328. The minimum Gasteiger partial charge on any atom is -0.397 e. The molecule has 128 valence electrons. The number of hydrogen-bond donors (Lipinski definition) is 2. The highest BCUT2D eigenvalue weighted by atomic mass is 32.1. The van der Waals surface area contributed by atoms with Gasteiger partial charge < -0.3 is 16.2 Å². The summed E-state index contributed by atoms with van der Waals surface area (Å²) in [4.78, 5) is 19.0. The molecule has 7 heteroatoms. The van der Waals surface area contributed by atoms with Crippen molar-refractivity contribution in [1.29, 1.82) is 0 Å². The van der Waals surface area contributed by atoms with Crippen molar-refractivity contribution in [2.45, 2.75) is 45.3 Å². The maximum atomic E-state index is 11.7. The summed E-state index contributed by atoms with van der Waals surface area (Å²) < 4.78 is 6.06. The van der Waals surface area contributed by atoms with E-state index in [1.807, 2.05) is 0 Å². The van der Waals surface area contributed by atoms with Crippen LogP contribution in [0.15, 0.2) is 0 Å². The molecule has 5 N–H and O–H groups in total. The zero-order valence-corrected chi connectivity index (χ0v) is 14.9. The van der Waals surface area contributed by atoms with Crippen LogP contribution >= 0.6 is 11.3 Å². The molecule has 0 aliphatic carbocycles. The first-order valence-corrected chi connectivity index (χ1v) is 9.17. The second kappa shape index (κ2) is 5.32. The molecule has 0 spiro atoms. The van der Waals surface area contributed by atoms with E-state index in [4.69, 9.17) is 16.2 Å². The molecule has 0 atom stereocenters. The molecule has 4 heterocycles. The molecule has 1 amide bonds. The average molecular weight is 347 g/mol. The number of rotatable bonds is 2. The Balaban J connectivity index is 2.00. The van der Waals surface area contributed by atoms with Crippen LogP contribution in [0, 0.1) is 0 Å². The highest BCUT2D eigenvalue weighted by molar-refractivity contribution is 7.20. The number of fused-ring (bicyclic) bond motifs is 3. The standard InChI is InChI=1S/C17H22N4O2S/c1-17(2)7-9-10(8-23-17)15(21-5-3-4-6-21)20-16-11(9)12(18)13(24-16)14(19)22/h3-8,18H2,1-2H3,(H2,19,22)/p+1. The maximum absolute atomic E-state index is 11.7. The minimum atomic E-state index is -0.468. The van der Waals surface area contributed by atoms with E-state index in [-0.39, 0.29) is 5.60 Å². The number of carbonyl (C=O) groups excluding carboxylic acids is 1. The van der Waals surface area contributed by atoms with Gasteiger partial charge in [-0.1, -0.05) is 11.3 Å². The summed E-state index contributed by atoms with van der Waals surface area (Å²) in [5.74, 6) is 0.646. The molecule has 0 unspecified atom stereocenters. The number of pyridine rings is 1. The third kappa shape index (κ3) is 2.34. The molecule has 2 aromatic heterocycles. The largest absolute Gasteiger partial charge is 0.397 e. The first-order chi connectivity index (χ1) is 11.4. The van der Waals surface area contributed by atoms with Gasteiger partial charge in [-0.05, 0) is 32.3 Å². The predicted molar refractivity (Wildman–Crippen MR) is 95.3 cm³/mol. The maximum Gasteiger partial charge on any atom is 0.281 e. The number of thiophene rings is 1. The fourth-order valence-electron chi connectivity index (χ4n) is 3.80. The summed E-state index contributed by atoms with van der Waals surface area (Å²) in [6.45, 7) is 6.82. The summed E-state index contributed by atoms with van der Waals surface area (Å²) in [5, 5.41) is 0.947. The lowest BCUT2D eigenvalue weighted by Gasteiger charge is -2.32. The molecule has 0 bridgehead atoms. The van der Waals surface area contributed by atoms with Gasteiger partial charge in [-0.25, -0.2) is 4.98 Å². The first-order valence-electron chi connectivity index (χ1n) is 8.35. The summed E-state index contributed by atoms with van der Waals surface area (Å²) >= 11 is 1.36. The van der Waals surface area contributed by atoms with E-state index >= 15 is 0 Å². The minimum absolute atomic E-state index is 0.245. The number of anilines is 2. The van der Waals surface area contributed by atoms with Crippen molar-refractivity contribution >= 4 is 39.0 Å². The lowest BCUT2D eigenvalue weighted by atomic mass is 9.90. The molecule has 24 heavy (non-hydrogen) atoms. The monoisotopic (exact) mass is 347 g/mol. The van der Waals surface area contributed by atoms with Crippen molar-refractivity contribution in [3.8, 4) is 0 Å². The van der Waals surface area contributed by atoms with E-state index in [9.17, 15) is 4.79 Å². The number of aromatic nitrogens is 1. The van der Waals surface area contributed by atoms with Gasteiger partial charge in [0.05, 0.1) is 41.9 Å². The molecular formula is C17H23N4O2S+. The predicted octanol–water partition coefficient (Wildman–Crippen LogP) is 1.85. The van der Waals surface area contributed by atoms with E-state index in [0.29, 0.717) is 17.2 Å². The number of H-pyrrole nitrogens is 1. The normalized spacial score (nSPS) is 19.7. The van der Waals surface area contributed by atoms with Gasteiger partial charge in [0.15, 0.2) is 4.83 Å². The van der Waals surface area contributed by atoms with E-state index in [1.165, 1.54) is 35.3 Å². The third-order valence-corrected chi connectivity index (χ3v) is 6.12. The molecule has 0 radical (unpaired) electrons. The number of nitrogens with zero attached hydrogens (tertiary/aromatic N) is 1. The molecule has 0 saturated carbocycles. The van der Waals surface area contributed by atoms with Crippen molar-refractivity contribution in [3.05, 3.63) is 16.0 Å². The Morgan fingerprint density at radius 3 is 2.67 bits per heavy atom. The Morgan fingerprint density at radius 1 is 1.29 bits per heavy atom. The number of carbonyl (C=O) groups is 1. The highest BCUT2D eigenvalue weighted by Crippen LogP contribution is 2.42. The second-order valence-corrected chi connectivity index (χ2v) is 8.28. The highest BCUT2D eigenvalue weighted by Gasteiger charge is 2.36. The Bertz CT molecular complexity index is 837. The third-order valence-electron chi connectivity index (χ3n) is 4.98. The smallest absolute Gasteiger partial charge is 0.281 e. The van der Waals surface area contributed by atoms with Crippen LogP contribution in [0.4, 0.5) is 11.5 Å².